The molecule has 8 bridgehead atoms. The van der Waals surface area contributed by atoms with Crippen LogP contribution in [0.25, 0.3) is 89.7 Å². The van der Waals surface area contributed by atoms with Gasteiger partial charge in [-0.2, -0.15) is 0 Å². The summed E-state index contributed by atoms with van der Waals surface area (Å²) >= 11 is 0. The Bertz CT molecular complexity index is 2430. The molecule has 49 heavy (non-hydrogen) atoms. The van der Waals surface area contributed by atoms with Crippen molar-refractivity contribution < 1.29 is 52.2 Å². The van der Waals surface area contributed by atoms with Crippen molar-refractivity contribution in [3.63, 3.8) is 0 Å². The van der Waals surface area contributed by atoms with Gasteiger partial charge in [0.1, 0.15) is 23.3 Å². The monoisotopic (exact) mass is 712 g/mol. The number of nitrogens with zero attached hydrogens (tertiary/aromatic N) is 8. The van der Waals surface area contributed by atoms with Crippen molar-refractivity contribution in [3.8, 4) is 45.6 Å². The second-order valence-corrected chi connectivity index (χ2v) is 10.7. The molecule has 0 saturated heterocycles. The molecule has 240 valence electrons. The Morgan fingerprint density at radius 2 is 0.551 bits per heavy atom. The number of hydrogen-bond donors (Lipinski definition) is 0. The van der Waals surface area contributed by atoms with Gasteiger partial charge < -0.3 is 29.9 Å². The van der Waals surface area contributed by atoms with E-state index in [-0.39, 0.29) is 61.2 Å². The third kappa shape index (κ3) is 4.42. The topological polar surface area (TPSA) is 106 Å². The van der Waals surface area contributed by atoms with Crippen LogP contribution in [0.5, 0.6) is 0 Å². The van der Waals surface area contributed by atoms with Gasteiger partial charge in [0.05, 0.1) is 45.6 Å². The second kappa shape index (κ2) is 10.6. The summed E-state index contributed by atoms with van der Waals surface area (Å²) in [6.45, 7) is 0. The minimum atomic E-state index is -1.31. The third-order valence-electron chi connectivity index (χ3n) is 7.88. The van der Waals surface area contributed by atoms with Crippen LogP contribution in [0, 0.1) is 46.5 Å². The van der Waals surface area contributed by atoms with Crippen LogP contribution in [-0.4, -0.2) is 29.9 Å². The van der Waals surface area contributed by atoms with Crippen LogP contribution in [0.15, 0.2) is 48.5 Å². The van der Waals surface area contributed by atoms with Gasteiger partial charge in [0.25, 0.3) is 0 Å². The van der Waals surface area contributed by atoms with E-state index in [0.717, 1.165) is 48.5 Å². The Balaban J connectivity index is 0.00000348. The summed E-state index contributed by atoms with van der Waals surface area (Å²) in [5, 5.41) is -0.606. The molecule has 0 atom stereocenters. The van der Waals surface area contributed by atoms with Gasteiger partial charge in [-0.3, -0.25) is 0 Å². The molecule has 0 N–H and O–H groups in total. The number of hydrogen-bond acceptors (Lipinski definition) is 6. The van der Waals surface area contributed by atoms with Crippen LogP contribution < -0.4 is 9.97 Å². The number of rotatable bonds is 0. The quantitative estimate of drug-likeness (QED) is 0.120. The van der Waals surface area contributed by atoms with Crippen molar-refractivity contribution in [1.82, 2.24) is 39.9 Å². The molecule has 3 aromatic heterocycles. The molecule has 5 heterocycles. The summed E-state index contributed by atoms with van der Waals surface area (Å²) in [5.74, 6) is -11.2. The molecule has 0 radical (unpaired) electrons. The van der Waals surface area contributed by atoms with E-state index >= 15 is 17.6 Å². The molecule has 17 heteroatoms. The van der Waals surface area contributed by atoms with Crippen LogP contribution in [0.4, 0.5) is 35.1 Å². The van der Waals surface area contributed by atoms with Gasteiger partial charge in [0, 0.05) is 22.6 Å². The molecule has 0 fully saturated rings. The smallest absolute Gasteiger partial charge is 0.357 e. The van der Waals surface area contributed by atoms with Gasteiger partial charge in [-0.05, 0) is 70.1 Å². The van der Waals surface area contributed by atoms with Gasteiger partial charge >= 0.3 is 17.1 Å². The largest absolute Gasteiger partial charge is 2.00 e. The maximum absolute atomic E-state index is 15.3. The van der Waals surface area contributed by atoms with E-state index in [9.17, 15) is 17.6 Å². The normalized spacial score (nSPS) is 11.9. The van der Waals surface area contributed by atoms with Crippen LogP contribution >= 0.6 is 0 Å². The summed E-state index contributed by atoms with van der Waals surface area (Å²) in [5.41, 5.74) is -3.42. The minimum Gasteiger partial charge on any atom is -0.357 e. The predicted molar refractivity (Wildman–Crippen MR) is 154 cm³/mol. The van der Waals surface area contributed by atoms with Gasteiger partial charge in [0.15, 0.2) is 23.3 Å². The van der Waals surface area contributed by atoms with Crippen molar-refractivity contribution in [2.24, 2.45) is 0 Å². The standard InChI is InChI=1S/C32H8F8N8.Fe/c33-13-1-2-14(34)22-21(13)29-43-25-9-5-17(37)18(38)6-10(9)27(41-25)45-31-23-15(35)3-4-16(36)24(23)32(48-31)46-28-12-8-20(40)19(39)7-11(12)26(42-28)44-30(22)47-29;/h1-8H;/q-2;+2. The summed E-state index contributed by atoms with van der Waals surface area (Å²) in [6.07, 6.45) is 0. The Morgan fingerprint density at radius 3 is 0.776 bits per heavy atom. The molecular weight excluding hydrogens is 704 g/mol. The predicted octanol–water partition coefficient (Wildman–Crippen LogP) is 7.24. The van der Waals surface area contributed by atoms with Crippen LogP contribution in [0.3, 0.4) is 0 Å². The Hall–Kier alpha value is -5.80. The van der Waals surface area contributed by atoms with Gasteiger partial charge in [-0.1, -0.05) is 0 Å². The Labute approximate surface area is 276 Å². The summed E-state index contributed by atoms with van der Waals surface area (Å²) < 4.78 is 119. The number of fused-ring (bicyclic) bond motifs is 20. The van der Waals surface area contributed by atoms with E-state index in [1.54, 1.807) is 0 Å². The third-order valence-corrected chi connectivity index (χ3v) is 7.88. The van der Waals surface area contributed by atoms with E-state index in [4.69, 9.17) is 0 Å². The minimum absolute atomic E-state index is 0. The molecular formula is C32H8F8FeN8. The summed E-state index contributed by atoms with van der Waals surface area (Å²) in [7, 11) is 0. The van der Waals surface area contributed by atoms with E-state index in [1.165, 1.54) is 0 Å². The fourth-order valence-corrected chi connectivity index (χ4v) is 5.74. The molecule has 0 spiro atoms. The number of halogens is 8. The Morgan fingerprint density at radius 1 is 0.327 bits per heavy atom. The molecule has 0 aliphatic carbocycles. The first kappa shape index (κ1) is 30.5. The Kier molecular flexibility index (Phi) is 6.60. The summed E-state index contributed by atoms with van der Waals surface area (Å²) in [4.78, 5) is 33.8. The van der Waals surface area contributed by atoms with Gasteiger partial charge in [-0.15, -0.1) is 0 Å². The molecule has 0 amide bonds. The van der Waals surface area contributed by atoms with Crippen molar-refractivity contribution >= 4 is 44.1 Å². The zero-order valence-electron chi connectivity index (χ0n) is 23.6. The van der Waals surface area contributed by atoms with Crippen molar-refractivity contribution in [3.05, 3.63) is 95.1 Å². The van der Waals surface area contributed by atoms with Crippen molar-refractivity contribution in [2.75, 3.05) is 0 Å². The average Bonchev–Trinajstić information content (AvgIpc) is 3.77. The zero-order valence-corrected chi connectivity index (χ0v) is 24.7. The maximum Gasteiger partial charge on any atom is 2.00 e. The first-order valence-electron chi connectivity index (χ1n) is 13.7. The molecule has 4 aromatic carbocycles. The average molecular weight is 712 g/mol. The van der Waals surface area contributed by atoms with Gasteiger partial charge in [0.2, 0.25) is 0 Å². The first-order chi connectivity index (χ1) is 23.0. The molecule has 2 aliphatic rings. The second-order valence-electron chi connectivity index (χ2n) is 10.7. The van der Waals surface area contributed by atoms with E-state index in [0.29, 0.717) is 0 Å². The molecule has 2 aliphatic heterocycles. The van der Waals surface area contributed by atoms with Gasteiger partial charge in [-0.25, -0.2) is 45.1 Å². The number of benzene rings is 4. The fraction of sp³-hybridized carbons (Fsp3) is 0. The van der Waals surface area contributed by atoms with E-state index in [1.807, 2.05) is 0 Å². The number of aromatic nitrogens is 8. The van der Waals surface area contributed by atoms with E-state index in [2.05, 4.69) is 39.9 Å². The van der Waals surface area contributed by atoms with Crippen LogP contribution in [-0.2, 0) is 17.1 Å². The molecule has 7 aromatic rings. The van der Waals surface area contributed by atoms with E-state index < -0.39 is 92.1 Å². The summed E-state index contributed by atoms with van der Waals surface area (Å²) in [6, 6.07) is 6.18. The van der Waals surface area contributed by atoms with Crippen molar-refractivity contribution in [1.29, 1.82) is 0 Å². The zero-order chi connectivity index (χ0) is 33.2. The maximum atomic E-state index is 15.3. The first-order valence-corrected chi connectivity index (χ1v) is 13.7. The fourth-order valence-electron chi connectivity index (χ4n) is 5.74. The SMILES string of the molecule is Fc1cc2c3nc4nc(nc5[n-]c(nc6nc(nc([n-]3)c2cc1F)-c1c(F)ccc(F)c1-6)c1cc(F)c(F)cc51)-c1c(F)ccc(F)c1-4.[Fe+2]. The molecule has 8 nitrogen and oxygen atoms in total. The van der Waals surface area contributed by atoms with Crippen LogP contribution in [0.1, 0.15) is 0 Å². The molecule has 0 saturated carbocycles. The molecule has 9 rings (SSSR count). The van der Waals surface area contributed by atoms with Crippen molar-refractivity contribution in [2.45, 2.75) is 0 Å². The van der Waals surface area contributed by atoms with Crippen LogP contribution in [0.2, 0.25) is 0 Å². The molecule has 0 unspecified atom stereocenters.